The number of amides is 2. The van der Waals surface area contributed by atoms with E-state index in [1.807, 2.05) is 42.5 Å². The molecule has 0 saturated carbocycles. The average Bonchev–Trinajstić information content (AvgIpc) is 3.27. The molecule has 0 aliphatic rings. The van der Waals surface area contributed by atoms with E-state index in [0.717, 1.165) is 5.69 Å². The van der Waals surface area contributed by atoms with E-state index in [1.165, 1.54) is 0 Å². The third-order valence-corrected chi connectivity index (χ3v) is 4.68. The van der Waals surface area contributed by atoms with Gasteiger partial charge in [-0.3, -0.25) is 14.5 Å². The summed E-state index contributed by atoms with van der Waals surface area (Å²) in [6.07, 6.45) is 1.71. The molecule has 0 bridgehead atoms. The summed E-state index contributed by atoms with van der Waals surface area (Å²) in [7, 11) is 3.13. The molecular formula is C22H20N6O2. The Kier molecular flexibility index (Phi) is 5.13. The number of aromatic amines is 1. The molecule has 150 valence electrons. The summed E-state index contributed by atoms with van der Waals surface area (Å²) in [5.41, 5.74) is 2.58. The third-order valence-electron chi connectivity index (χ3n) is 4.68. The van der Waals surface area contributed by atoms with E-state index in [1.54, 1.807) is 43.4 Å². The van der Waals surface area contributed by atoms with Gasteiger partial charge in [0.1, 0.15) is 11.3 Å². The molecule has 8 heteroatoms. The van der Waals surface area contributed by atoms with Crippen molar-refractivity contribution in [1.29, 1.82) is 0 Å². The Balaban J connectivity index is 2.00. The summed E-state index contributed by atoms with van der Waals surface area (Å²) in [4.78, 5) is 39.1. The molecule has 2 aromatic carbocycles. The second-order valence-electron chi connectivity index (χ2n) is 6.46. The number of benzene rings is 2. The van der Waals surface area contributed by atoms with E-state index in [2.05, 4.69) is 25.6 Å². The summed E-state index contributed by atoms with van der Waals surface area (Å²) in [6.45, 7) is 0. The van der Waals surface area contributed by atoms with Gasteiger partial charge in [0.05, 0.1) is 16.6 Å². The van der Waals surface area contributed by atoms with Gasteiger partial charge in [0.15, 0.2) is 0 Å². The van der Waals surface area contributed by atoms with Gasteiger partial charge in [-0.2, -0.15) is 4.98 Å². The largest absolute Gasteiger partial charge is 0.355 e. The minimum Gasteiger partial charge on any atom is -0.355 e. The predicted octanol–water partition coefficient (Wildman–Crippen LogP) is 3.15. The lowest BCUT2D eigenvalue weighted by atomic mass is 10.1. The van der Waals surface area contributed by atoms with Crippen molar-refractivity contribution in [3.8, 4) is 0 Å². The Labute approximate surface area is 173 Å². The third kappa shape index (κ3) is 3.35. The molecule has 30 heavy (non-hydrogen) atoms. The Bertz CT molecular complexity index is 1220. The number of hydrogen-bond acceptors (Lipinski definition) is 5. The zero-order valence-electron chi connectivity index (χ0n) is 16.5. The van der Waals surface area contributed by atoms with E-state index < -0.39 is 0 Å². The number of H-pyrrole nitrogens is 1. The molecule has 0 unspecified atom stereocenters. The number of rotatable bonds is 5. The van der Waals surface area contributed by atoms with Crippen molar-refractivity contribution in [2.24, 2.45) is 0 Å². The average molecular weight is 400 g/mol. The molecule has 3 N–H and O–H groups in total. The number of nitrogens with one attached hydrogen (secondary N) is 3. The molecule has 8 nitrogen and oxygen atoms in total. The number of hydrogen-bond donors (Lipinski definition) is 3. The molecule has 4 aromatic rings. The lowest BCUT2D eigenvalue weighted by Crippen LogP contribution is -2.24. The Hall–Kier alpha value is -4.20. The topological polar surface area (TPSA) is 103 Å². The second kappa shape index (κ2) is 8.04. The molecule has 0 atom stereocenters. The quantitative estimate of drug-likeness (QED) is 0.478. The van der Waals surface area contributed by atoms with Gasteiger partial charge in [-0.05, 0) is 30.3 Å². The molecule has 0 spiro atoms. The fraction of sp³-hybridized carbons (Fsp3) is 0.0909. The highest BCUT2D eigenvalue weighted by Crippen LogP contribution is 2.35. The summed E-state index contributed by atoms with van der Waals surface area (Å²) < 4.78 is 0. The zero-order valence-corrected chi connectivity index (χ0v) is 16.5. The minimum absolute atomic E-state index is 0.237. The predicted molar refractivity (Wildman–Crippen MR) is 115 cm³/mol. The maximum Gasteiger partial charge on any atom is 0.270 e. The molecule has 0 aliphatic heterocycles. The highest BCUT2D eigenvalue weighted by molar-refractivity contribution is 6.05. The van der Waals surface area contributed by atoms with Gasteiger partial charge in [0, 0.05) is 26.0 Å². The molecule has 0 saturated heterocycles. The van der Waals surface area contributed by atoms with Gasteiger partial charge in [-0.15, -0.1) is 0 Å². The van der Waals surface area contributed by atoms with Crippen LogP contribution in [0.15, 0.2) is 66.9 Å². The van der Waals surface area contributed by atoms with Gasteiger partial charge in [0.2, 0.25) is 5.95 Å². The van der Waals surface area contributed by atoms with Crippen LogP contribution >= 0.6 is 0 Å². The van der Waals surface area contributed by atoms with Gasteiger partial charge in [-0.1, -0.05) is 30.3 Å². The number of para-hydroxylation sites is 2. The summed E-state index contributed by atoms with van der Waals surface area (Å²) in [5.74, 6) is -0.291. The second-order valence-corrected chi connectivity index (χ2v) is 6.46. The van der Waals surface area contributed by atoms with Crippen LogP contribution in [0.25, 0.3) is 11.0 Å². The Morgan fingerprint density at radius 3 is 2.30 bits per heavy atom. The number of carbonyl (C=O) groups is 2. The Morgan fingerprint density at radius 2 is 1.57 bits per heavy atom. The van der Waals surface area contributed by atoms with Crippen LogP contribution in [0, 0.1) is 0 Å². The summed E-state index contributed by atoms with van der Waals surface area (Å²) in [6, 6.07) is 18.4. The fourth-order valence-electron chi connectivity index (χ4n) is 3.26. The van der Waals surface area contributed by atoms with Crippen molar-refractivity contribution in [2.75, 3.05) is 19.0 Å². The van der Waals surface area contributed by atoms with E-state index in [4.69, 9.17) is 0 Å². The van der Waals surface area contributed by atoms with Gasteiger partial charge < -0.3 is 15.6 Å². The first-order valence-corrected chi connectivity index (χ1v) is 9.37. The first-order chi connectivity index (χ1) is 14.6. The van der Waals surface area contributed by atoms with E-state index in [0.29, 0.717) is 22.3 Å². The molecule has 0 radical (unpaired) electrons. The van der Waals surface area contributed by atoms with E-state index in [9.17, 15) is 9.59 Å². The lowest BCUT2D eigenvalue weighted by molar-refractivity contribution is 0.0953. The molecule has 2 aromatic heterocycles. The van der Waals surface area contributed by atoms with Gasteiger partial charge >= 0.3 is 0 Å². The number of nitrogens with zero attached hydrogens (tertiary/aromatic N) is 3. The lowest BCUT2D eigenvalue weighted by Gasteiger charge is -2.25. The zero-order chi connectivity index (χ0) is 21.1. The normalized spacial score (nSPS) is 10.6. The first kappa shape index (κ1) is 19.1. The number of fused-ring (bicyclic) bond motifs is 1. The Morgan fingerprint density at radius 1 is 0.867 bits per heavy atom. The number of aromatic nitrogens is 3. The van der Waals surface area contributed by atoms with Crippen molar-refractivity contribution < 1.29 is 9.59 Å². The van der Waals surface area contributed by atoms with Crippen LogP contribution in [0.4, 0.5) is 17.3 Å². The van der Waals surface area contributed by atoms with E-state index in [-0.39, 0.29) is 23.5 Å². The van der Waals surface area contributed by atoms with Gasteiger partial charge in [0.25, 0.3) is 11.8 Å². The summed E-state index contributed by atoms with van der Waals surface area (Å²) >= 11 is 0. The first-order valence-electron chi connectivity index (χ1n) is 9.37. The SMILES string of the molecule is CNC(=O)c1ccccc1N(c1ccccc1)c1nc(C(=O)NC)c2cc[nH]c2n1. The van der Waals surface area contributed by atoms with Crippen molar-refractivity contribution in [1.82, 2.24) is 25.6 Å². The van der Waals surface area contributed by atoms with Crippen LogP contribution in [0.1, 0.15) is 20.8 Å². The monoisotopic (exact) mass is 400 g/mol. The fourth-order valence-corrected chi connectivity index (χ4v) is 3.26. The van der Waals surface area contributed by atoms with Crippen molar-refractivity contribution in [3.05, 3.63) is 78.1 Å². The summed E-state index contributed by atoms with van der Waals surface area (Å²) in [5, 5.41) is 5.91. The van der Waals surface area contributed by atoms with Crippen LogP contribution < -0.4 is 15.5 Å². The highest BCUT2D eigenvalue weighted by atomic mass is 16.2. The minimum atomic E-state index is -0.323. The van der Waals surface area contributed by atoms with Crippen LogP contribution in [-0.4, -0.2) is 40.9 Å². The molecule has 2 heterocycles. The van der Waals surface area contributed by atoms with Crippen molar-refractivity contribution in [3.63, 3.8) is 0 Å². The molecule has 0 fully saturated rings. The van der Waals surface area contributed by atoms with E-state index >= 15 is 0 Å². The van der Waals surface area contributed by atoms with Crippen molar-refractivity contribution >= 4 is 40.2 Å². The number of carbonyl (C=O) groups excluding carboxylic acids is 2. The smallest absolute Gasteiger partial charge is 0.270 e. The number of anilines is 3. The van der Waals surface area contributed by atoms with Crippen LogP contribution in [0.5, 0.6) is 0 Å². The van der Waals surface area contributed by atoms with Crippen LogP contribution in [-0.2, 0) is 0 Å². The van der Waals surface area contributed by atoms with Crippen molar-refractivity contribution in [2.45, 2.75) is 0 Å². The van der Waals surface area contributed by atoms with Crippen LogP contribution in [0.3, 0.4) is 0 Å². The van der Waals surface area contributed by atoms with Gasteiger partial charge in [-0.25, -0.2) is 4.98 Å². The molecule has 4 rings (SSSR count). The highest BCUT2D eigenvalue weighted by Gasteiger charge is 2.24. The molecule has 2 amide bonds. The maximum atomic E-state index is 12.5. The molecule has 0 aliphatic carbocycles. The van der Waals surface area contributed by atoms with Crippen LogP contribution in [0.2, 0.25) is 0 Å². The maximum absolute atomic E-state index is 12.5. The molecular weight excluding hydrogens is 380 g/mol. The standard InChI is InChI=1S/C22H20N6O2/c1-23-20(29)15-10-6-7-11-17(15)28(14-8-4-3-5-9-14)22-26-18(21(30)24-2)16-12-13-25-19(16)27-22/h3-13H,1-2H3,(H,23,29)(H,24,30)(H,25,26,27).